The molecule has 1 amide bonds. The Morgan fingerprint density at radius 2 is 0.901 bits per heavy atom. The maximum atomic E-state index is 13.0. The first-order chi connectivity index (χ1) is 34.7. The molecular weight excluding hydrogens is 895 g/mol. The molecule has 1 aliphatic rings. The van der Waals surface area contributed by atoms with E-state index in [0.717, 1.165) is 77.0 Å². The monoisotopic (exact) mass is 1010 g/mol. The molecule has 0 bridgehead atoms. The zero-order chi connectivity index (χ0) is 51.7. The van der Waals surface area contributed by atoms with E-state index in [1.165, 1.54) is 167 Å². The van der Waals surface area contributed by atoms with Crippen LogP contribution in [0.25, 0.3) is 0 Å². The molecule has 0 aliphatic carbocycles. The molecule has 1 aliphatic heterocycles. The number of amides is 1. The van der Waals surface area contributed by atoms with Crippen molar-refractivity contribution in [3.05, 3.63) is 36.5 Å². The van der Waals surface area contributed by atoms with E-state index in [1.54, 1.807) is 6.08 Å². The standard InChI is InChI=1S/C60H111NO10/c1-3-5-7-9-11-13-14-28-32-36-40-44-48-56(65)69-49-45-41-37-33-29-26-24-22-20-18-16-15-17-19-21-23-25-27-31-35-39-43-47-55(64)61-52(53(63)46-42-38-34-30-12-10-8-6-4-2)51-70-60-59(68)58(67)57(66)54(50-62)71-60/h11,13,17,19,42,46,52-54,57-60,62-63,66-68H,3-10,12,14-16,18,20-41,43-45,47-51H2,1-2H3,(H,61,64)/b13-11-,19-17-,46-42+. The molecule has 1 saturated heterocycles. The molecule has 1 fully saturated rings. The number of carbonyl (C=O) groups is 2. The summed E-state index contributed by atoms with van der Waals surface area (Å²) < 4.78 is 16.7. The average Bonchev–Trinajstić information content (AvgIpc) is 3.37. The first-order valence-electron chi connectivity index (χ1n) is 29.8. The lowest BCUT2D eigenvalue weighted by Gasteiger charge is -2.40. The van der Waals surface area contributed by atoms with Crippen LogP contribution in [0.2, 0.25) is 0 Å². The summed E-state index contributed by atoms with van der Waals surface area (Å²) in [6, 6.07) is -0.813. The van der Waals surface area contributed by atoms with E-state index in [-0.39, 0.29) is 18.5 Å². The lowest BCUT2D eigenvalue weighted by molar-refractivity contribution is -0.302. The molecule has 6 N–H and O–H groups in total. The van der Waals surface area contributed by atoms with Crippen molar-refractivity contribution in [1.82, 2.24) is 5.32 Å². The van der Waals surface area contributed by atoms with E-state index in [0.29, 0.717) is 19.4 Å². The predicted octanol–water partition coefficient (Wildman–Crippen LogP) is 13.5. The Labute approximate surface area is 434 Å². The summed E-state index contributed by atoms with van der Waals surface area (Å²) in [6.45, 7) is 4.28. The van der Waals surface area contributed by atoms with Crippen LogP contribution in [-0.4, -0.2) is 100 Å². The maximum Gasteiger partial charge on any atom is 0.305 e. The van der Waals surface area contributed by atoms with Gasteiger partial charge in [0.15, 0.2) is 6.29 Å². The second kappa shape index (κ2) is 50.1. The van der Waals surface area contributed by atoms with Crippen LogP contribution in [0.4, 0.5) is 0 Å². The fourth-order valence-corrected chi connectivity index (χ4v) is 9.19. The van der Waals surface area contributed by atoms with Crippen molar-refractivity contribution in [3.8, 4) is 0 Å². The Morgan fingerprint density at radius 3 is 1.38 bits per heavy atom. The SMILES string of the molecule is CCCCC/C=C\CCCCCCCC(=O)OCCCCCCCCCCCCC/C=C\CCCCCCCCCC(=O)NC(COC1OC(CO)C(O)C(O)C1O)C(O)/C=C/CCCCCCCCC. The van der Waals surface area contributed by atoms with E-state index in [9.17, 15) is 35.1 Å². The number of aliphatic hydroxyl groups excluding tert-OH is 5. The van der Waals surface area contributed by atoms with Gasteiger partial charge in [-0.2, -0.15) is 0 Å². The van der Waals surface area contributed by atoms with Crippen LogP contribution in [0.15, 0.2) is 36.5 Å². The number of hydrogen-bond acceptors (Lipinski definition) is 10. The third-order valence-electron chi connectivity index (χ3n) is 14.0. The largest absolute Gasteiger partial charge is 0.466 e. The van der Waals surface area contributed by atoms with Crippen LogP contribution < -0.4 is 5.32 Å². The summed E-state index contributed by atoms with van der Waals surface area (Å²) in [4.78, 5) is 25.0. The Kier molecular flexibility index (Phi) is 47.2. The maximum absolute atomic E-state index is 13.0. The van der Waals surface area contributed by atoms with E-state index in [1.807, 2.05) is 6.08 Å². The van der Waals surface area contributed by atoms with Crippen molar-refractivity contribution >= 4 is 11.9 Å². The average molecular weight is 1010 g/mol. The number of nitrogens with one attached hydrogen (secondary N) is 1. The highest BCUT2D eigenvalue weighted by molar-refractivity contribution is 5.76. The number of esters is 1. The summed E-state index contributed by atoms with van der Waals surface area (Å²) >= 11 is 0. The van der Waals surface area contributed by atoms with Crippen molar-refractivity contribution < 1.29 is 49.3 Å². The van der Waals surface area contributed by atoms with Gasteiger partial charge < -0.3 is 45.1 Å². The van der Waals surface area contributed by atoms with Gasteiger partial charge in [0.1, 0.15) is 24.4 Å². The molecule has 11 heteroatoms. The fourth-order valence-electron chi connectivity index (χ4n) is 9.19. The fraction of sp³-hybridized carbons (Fsp3) is 0.867. The molecule has 0 spiro atoms. The van der Waals surface area contributed by atoms with Crippen molar-refractivity contribution in [2.24, 2.45) is 0 Å². The molecule has 0 radical (unpaired) electrons. The zero-order valence-electron chi connectivity index (χ0n) is 45.7. The number of rotatable bonds is 51. The molecule has 1 rings (SSSR count). The van der Waals surface area contributed by atoms with Crippen molar-refractivity contribution in [2.75, 3.05) is 19.8 Å². The van der Waals surface area contributed by atoms with Gasteiger partial charge in [-0.15, -0.1) is 0 Å². The highest BCUT2D eigenvalue weighted by atomic mass is 16.7. The van der Waals surface area contributed by atoms with Crippen LogP contribution in [0, 0.1) is 0 Å². The number of aliphatic hydroxyl groups is 5. The van der Waals surface area contributed by atoms with Crippen LogP contribution in [0.5, 0.6) is 0 Å². The first kappa shape index (κ1) is 66.9. The highest BCUT2D eigenvalue weighted by Gasteiger charge is 2.44. The van der Waals surface area contributed by atoms with Crippen molar-refractivity contribution in [3.63, 3.8) is 0 Å². The van der Waals surface area contributed by atoms with E-state index < -0.39 is 49.5 Å². The predicted molar refractivity (Wildman–Crippen MR) is 292 cm³/mol. The molecule has 416 valence electrons. The van der Waals surface area contributed by atoms with Gasteiger partial charge in [-0.05, 0) is 83.5 Å². The van der Waals surface area contributed by atoms with Gasteiger partial charge in [-0.25, -0.2) is 0 Å². The molecule has 0 aromatic carbocycles. The molecule has 0 saturated carbocycles. The number of ether oxygens (including phenoxy) is 3. The quantitative estimate of drug-likeness (QED) is 0.0195. The number of unbranched alkanes of at least 4 members (excludes halogenated alkanes) is 33. The molecule has 1 heterocycles. The number of allylic oxidation sites excluding steroid dienone is 5. The van der Waals surface area contributed by atoms with E-state index in [4.69, 9.17) is 14.2 Å². The van der Waals surface area contributed by atoms with Gasteiger partial charge in [0.25, 0.3) is 0 Å². The van der Waals surface area contributed by atoms with Gasteiger partial charge in [-0.1, -0.05) is 211 Å². The summed E-state index contributed by atoms with van der Waals surface area (Å²) in [6.07, 6.45) is 51.1. The highest BCUT2D eigenvalue weighted by Crippen LogP contribution is 2.23. The van der Waals surface area contributed by atoms with Gasteiger partial charge in [0.2, 0.25) is 5.91 Å². The third-order valence-corrected chi connectivity index (χ3v) is 14.0. The Balaban J connectivity index is 2.02. The first-order valence-corrected chi connectivity index (χ1v) is 29.8. The molecule has 71 heavy (non-hydrogen) atoms. The topological polar surface area (TPSA) is 175 Å². The van der Waals surface area contributed by atoms with Gasteiger partial charge in [0.05, 0.1) is 32.0 Å². The lowest BCUT2D eigenvalue weighted by Crippen LogP contribution is -2.60. The number of carbonyl (C=O) groups excluding carboxylic acids is 2. The normalized spacial score (nSPS) is 19.3. The van der Waals surface area contributed by atoms with Gasteiger partial charge in [0, 0.05) is 12.8 Å². The van der Waals surface area contributed by atoms with Crippen LogP contribution in [0.1, 0.15) is 271 Å². The molecule has 7 unspecified atom stereocenters. The molecule has 0 aromatic rings. The molecule has 11 nitrogen and oxygen atoms in total. The second-order valence-electron chi connectivity index (χ2n) is 20.7. The third kappa shape index (κ3) is 39.9. The molecule has 0 aromatic heterocycles. The Hall–Kier alpha value is -2.12. The van der Waals surface area contributed by atoms with E-state index >= 15 is 0 Å². The minimum absolute atomic E-state index is 0.0130. The van der Waals surface area contributed by atoms with Crippen molar-refractivity contribution in [1.29, 1.82) is 0 Å². The lowest BCUT2D eigenvalue weighted by atomic mass is 9.99. The molecular formula is C60H111NO10. The van der Waals surface area contributed by atoms with Crippen molar-refractivity contribution in [2.45, 2.75) is 314 Å². The molecule has 7 atom stereocenters. The zero-order valence-corrected chi connectivity index (χ0v) is 45.7. The number of hydrogen-bond donors (Lipinski definition) is 6. The van der Waals surface area contributed by atoms with Crippen LogP contribution in [0.3, 0.4) is 0 Å². The minimum Gasteiger partial charge on any atom is -0.466 e. The van der Waals surface area contributed by atoms with Gasteiger partial charge in [-0.3, -0.25) is 9.59 Å². The Morgan fingerprint density at radius 1 is 0.507 bits per heavy atom. The second-order valence-corrected chi connectivity index (χ2v) is 20.7. The van der Waals surface area contributed by atoms with Crippen LogP contribution >= 0.6 is 0 Å². The smallest absolute Gasteiger partial charge is 0.305 e. The summed E-state index contributed by atoms with van der Waals surface area (Å²) in [7, 11) is 0. The summed E-state index contributed by atoms with van der Waals surface area (Å²) in [5.74, 6) is -0.204. The van der Waals surface area contributed by atoms with Gasteiger partial charge >= 0.3 is 5.97 Å². The van der Waals surface area contributed by atoms with E-state index in [2.05, 4.69) is 43.5 Å². The van der Waals surface area contributed by atoms with Crippen LogP contribution in [-0.2, 0) is 23.8 Å². The minimum atomic E-state index is -1.57. The Bertz CT molecular complexity index is 1280. The summed E-state index contributed by atoms with van der Waals surface area (Å²) in [5.41, 5.74) is 0. The summed E-state index contributed by atoms with van der Waals surface area (Å²) in [5, 5.41) is 54.2.